The van der Waals surface area contributed by atoms with Gasteiger partial charge in [0.25, 0.3) is 0 Å². The van der Waals surface area contributed by atoms with Crippen molar-refractivity contribution < 1.29 is 0 Å². The standard InChI is InChI=1S/C16H18S2/c1-2-9-16(17-14-10-5-3-6-11-14)18-15-12-7-4-8-13-15/h3-8,10-13,16H,2,9H2,1H3. The van der Waals surface area contributed by atoms with Crippen LogP contribution in [0.25, 0.3) is 0 Å². The Morgan fingerprint density at radius 2 is 1.22 bits per heavy atom. The maximum absolute atomic E-state index is 2.25. The van der Waals surface area contributed by atoms with E-state index in [0.717, 1.165) is 0 Å². The molecule has 2 rings (SSSR count). The van der Waals surface area contributed by atoms with Gasteiger partial charge in [-0.2, -0.15) is 0 Å². The van der Waals surface area contributed by atoms with Crippen LogP contribution in [0.3, 0.4) is 0 Å². The molecular weight excluding hydrogens is 256 g/mol. The van der Waals surface area contributed by atoms with Gasteiger partial charge in [-0.25, -0.2) is 0 Å². The molecule has 0 unspecified atom stereocenters. The van der Waals surface area contributed by atoms with Crippen LogP contribution in [0.5, 0.6) is 0 Å². The molecule has 0 fully saturated rings. The summed E-state index contributed by atoms with van der Waals surface area (Å²) in [6.07, 6.45) is 2.46. The molecule has 0 aromatic heterocycles. The highest BCUT2D eigenvalue weighted by Crippen LogP contribution is 2.37. The molecule has 94 valence electrons. The minimum atomic E-state index is 0.597. The molecule has 0 bridgehead atoms. The van der Waals surface area contributed by atoms with Crippen LogP contribution >= 0.6 is 23.5 Å². The predicted octanol–water partition coefficient (Wildman–Crippen LogP) is 5.70. The largest absolute Gasteiger partial charge is 0.111 e. The van der Waals surface area contributed by atoms with E-state index in [4.69, 9.17) is 0 Å². The fraction of sp³-hybridized carbons (Fsp3) is 0.250. The van der Waals surface area contributed by atoms with Crippen LogP contribution in [0.15, 0.2) is 70.5 Å². The zero-order valence-electron chi connectivity index (χ0n) is 10.6. The van der Waals surface area contributed by atoms with Crippen molar-refractivity contribution >= 4 is 23.5 Å². The molecule has 2 aromatic rings. The molecule has 0 spiro atoms. The Balaban J connectivity index is 2.00. The Kier molecular flexibility index (Phi) is 5.69. The molecule has 0 heterocycles. The quantitative estimate of drug-likeness (QED) is 0.489. The van der Waals surface area contributed by atoms with Crippen LogP contribution in [-0.2, 0) is 0 Å². The van der Waals surface area contributed by atoms with Gasteiger partial charge >= 0.3 is 0 Å². The van der Waals surface area contributed by atoms with E-state index in [2.05, 4.69) is 67.6 Å². The van der Waals surface area contributed by atoms with Crippen LogP contribution in [0.4, 0.5) is 0 Å². The third kappa shape index (κ3) is 4.43. The van der Waals surface area contributed by atoms with Gasteiger partial charge in [0.1, 0.15) is 0 Å². The maximum atomic E-state index is 2.25. The molecule has 18 heavy (non-hydrogen) atoms. The molecule has 0 N–H and O–H groups in total. The molecule has 0 radical (unpaired) electrons. The zero-order chi connectivity index (χ0) is 12.6. The van der Waals surface area contributed by atoms with Crippen LogP contribution in [-0.4, -0.2) is 4.58 Å². The van der Waals surface area contributed by atoms with E-state index in [1.165, 1.54) is 22.6 Å². The van der Waals surface area contributed by atoms with E-state index in [1.54, 1.807) is 0 Å². The van der Waals surface area contributed by atoms with Crippen molar-refractivity contribution in [2.75, 3.05) is 0 Å². The average Bonchev–Trinajstić information content (AvgIpc) is 2.41. The van der Waals surface area contributed by atoms with Gasteiger partial charge in [-0.1, -0.05) is 49.7 Å². The first-order chi connectivity index (χ1) is 8.88. The average molecular weight is 274 g/mol. The minimum absolute atomic E-state index is 0.597. The van der Waals surface area contributed by atoms with E-state index in [0.29, 0.717) is 4.58 Å². The van der Waals surface area contributed by atoms with Gasteiger partial charge in [-0.15, -0.1) is 23.5 Å². The number of rotatable bonds is 6. The molecule has 2 heteroatoms. The summed E-state index contributed by atoms with van der Waals surface area (Å²) in [5.41, 5.74) is 0. The maximum Gasteiger partial charge on any atom is 0.0596 e. The summed E-state index contributed by atoms with van der Waals surface area (Å²) in [6, 6.07) is 21.4. The second-order valence-electron chi connectivity index (χ2n) is 4.08. The first-order valence-electron chi connectivity index (χ1n) is 6.32. The van der Waals surface area contributed by atoms with Crippen molar-refractivity contribution in [2.24, 2.45) is 0 Å². The number of hydrogen-bond acceptors (Lipinski definition) is 2. The second kappa shape index (κ2) is 7.55. The summed E-state index contributed by atoms with van der Waals surface area (Å²) in [5, 5.41) is 0. The van der Waals surface area contributed by atoms with Gasteiger partial charge in [0.2, 0.25) is 0 Å². The second-order valence-corrected chi connectivity index (χ2v) is 6.93. The normalized spacial score (nSPS) is 10.8. The molecule has 0 atom stereocenters. The number of thioether (sulfide) groups is 2. The van der Waals surface area contributed by atoms with Crippen LogP contribution in [0, 0.1) is 0 Å². The van der Waals surface area contributed by atoms with Crippen molar-refractivity contribution in [1.82, 2.24) is 0 Å². The summed E-state index contributed by atoms with van der Waals surface area (Å²) < 4.78 is 0.597. The summed E-state index contributed by atoms with van der Waals surface area (Å²) in [6.45, 7) is 2.25. The third-order valence-electron chi connectivity index (χ3n) is 2.55. The molecule has 0 aliphatic rings. The van der Waals surface area contributed by atoms with Crippen molar-refractivity contribution in [1.29, 1.82) is 0 Å². The highest BCUT2D eigenvalue weighted by Gasteiger charge is 2.10. The van der Waals surface area contributed by atoms with E-state index < -0.39 is 0 Å². The fourth-order valence-electron chi connectivity index (χ4n) is 1.68. The molecule has 2 aromatic carbocycles. The van der Waals surface area contributed by atoms with E-state index in [9.17, 15) is 0 Å². The molecular formula is C16H18S2. The van der Waals surface area contributed by atoms with E-state index in [-0.39, 0.29) is 0 Å². The van der Waals surface area contributed by atoms with Crippen LogP contribution in [0.1, 0.15) is 19.8 Å². The minimum Gasteiger partial charge on any atom is -0.111 e. The SMILES string of the molecule is CCCC(Sc1ccccc1)Sc1ccccc1. The van der Waals surface area contributed by atoms with Crippen LogP contribution < -0.4 is 0 Å². The molecule has 0 saturated heterocycles. The zero-order valence-corrected chi connectivity index (χ0v) is 12.2. The predicted molar refractivity (Wildman–Crippen MR) is 83.3 cm³/mol. The number of hydrogen-bond donors (Lipinski definition) is 0. The third-order valence-corrected chi connectivity index (χ3v) is 5.21. The summed E-state index contributed by atoms with van der Waals surface area (Å²) >= 11 is 3.94. The first-order valence-corrected chi connectivity index (χ1v) is 8.08. The van der Waals surface area contributed by atoms with E-state index >= 15 is 0 Å². The molecule has 0 aliphatic carbocycles. The molecule has 0 amide bonds. The monoisotopic (exact) mass is 274 g/mol. The van der Waals surface area contributed by atoms with Gasteiger partial charge in [0.15, 0.2) is 0 Å². The smallest absolute Gasteiger partial charge is 0.0596 e. The molecule has 0 saturated carbocycles. The lowest BCUT2D eigenvalue weighted by atomic mass is 10.4. The van der Waals surface area contributed by atoms with Crippen LogP contribution in [0.2, 0.25) is 0 Å². The summed E-state index contributed by atoms with van der Waals surface area (Å²) in [4.78, 5) is 2.72. The fourth-order valence-corrected chi connectivity index (χ4v) is 4.48. The lowest BCUT2D eigenvalue weighted by Gasteiger charge is -2.15. The highest BCUT2D eigenvalue weighted by molar-refractivity contribution is 8.17. The Morgan fingerprint density at radius 1 is 0.778 bits per heavy atom. The van der Waals surface area contributed by atoms with Gasteiger partial charge in [-0.05, 0) is 30.7 Å². The Labute approximate surface area is 118 Å². The Bertz CT molecular complexity index is 398. The van der Waals surface area contributed by atoms with Crippen molar-refractivity contribution in [3.05, 3.63) is 60.7 Å². The van der Waals surface area contributed by atoms with Gasteiger partial charge in [0.05, 0.1) is 4.58 Å². The number of benzene rings is 2. The van der Waals surface area contributed by atoms with Crippen molar-refractivity contribution in [3.8, 4) is 0 Å². The molecule has 0 aliphatic heterocycles. The van der Waals surface area contributed by atoms with Crippen molar-refractivity contribution in [3.63, 3.8) is 0 Å². The van der Waals surface area contributed by atoms with Gasteiger partial charge in [0, 0.05) is 9.79 Å². The molecule has 0 nitrogen and oxygen atoms in total. The Morgan fingerprint density at radius 3 is 1.61 bits per heavy atom. The van der Waals surface area contributed by atoms with Gasteiger partial charge in [-0.3, -0.25) is 0 Å². The highest BCUT2D eigenvalue weighted by atomic mass is 32.2. The van der Waals surface area contributed by atoms with Crippen molar-refractivity contribution in [2.45, 2.75) is 34.1 Å². The topological polar surface area (TPSA) is 0 Å². The van der Waals surface area contributed by atoms with Gasteiger partial charge < -0.3 is 0 Å². The first kappa shape index (κ1) is 13.6. The summed E-state index contributed by atoms with van der Waals surface area (Å²) in [5.74, 6) is 0. The lowest BCUT2D eigenvalue weighted by molar-refractivity contribution is 0.869. The lowest BCUT2D eigenvalue weighted by Crippen LogP contribution is -1.95. The summed E-state index contributed by atoms with van der Waals surface area (Å²) in [7, 11) is 0. The van der Waals surface area contributed by atoms with E-state index in [1.807, 2.05) is 23.5 Å². The Hall–Kier alpha value is -0.860.